The average Bonchev–Trinajstić information content (AvgIpc) is 0.799. The molecule has 14 rings (SSSR count). The number of carboxylic acid groups (broad SMARTS) is 2. The fourth-order valence-corrected chi connectivity index (χ4v) is 12.7. The Hall–Kier alpha value is -10.7. The Morgan fingerprint density at radius 2 is 0.955 bits per heavy atom. The zero-order chi connectivity index (χ0) is 77.7. The van der Waals surface area contributed by atoms with Crippen molar-refractivity contribution in [2.24, 2.45) is 10.7 Å². The zero-order valence-electron chi connectivity index (χ0n) is 63.2. The third-order valence-electron chi connectivity index (χ3n) is 17.8. The van der Waals surface area contributed by atoms with Crippen molar-refractivity contribution < 1.29 is 78.3 Å². The molecule has 0 saturated carbocycles. The standard InChI is InChI=1S/C32H29NO4.C18H19NO3.C17H14N2O.C14H11ClO.C4H12N2.C4H5N.C2H6O.2CH4.Na/c1-22-17-18-26-20-33(31(34)29(24-13-7-3-8-14-24)25-15-9-4-10-16-25)28(32(35)36)19-27(26)30(22)37-21-23-11-5-2-6-12-23;1-12-7-8-14-10-19-16(18(20)21)9-15(14)17(12)22-11-13-5-3-2-4-6-13;20-17(19-13-7-12-18-19)16(14-8-3-1-4-9-14)15-10-5-2-6-11-15;15-14(16)13(11-7-3-1-4-8-11)12-9-5-2-6-10-12;1-6(2)4-3-5;1-2-4-5-3-1;1-2-3;;;/h2-18,28-29H,19-21H2,1H3,(H,35,36);2-8,16,19H,9-11H2,1H3,(H,20,21);1-13,16H;1-10,13H;3-5H2,1-2H3;1-3H,4H2;3H,2H2,1H3;2*1H4;/q;;;;;;;;;+1/p-1/t28-;16-;;;;;;;;/m00......../s1. The van der Waals surface area contributed by atoms with Crippen LogP contribution in [0.4, 0.5) is 0 Å². The van der Waals surface area contributed by atoms with Gasteiger partial charge < -0.3 is 50.4 Å². The van der Waals surface area contributed by atoms with Crippen molar-refractivity contribution in [3.05, 3.63) is 375 Å². The number of allylic oxidation sites excluding steroid dienone is 1. The Labute approximate surface area is 687 Å². The molecule has 0 unspecified atom stereocenters. The molecule has 11 aromatic rings. The number of amides is 1. The fraction of sp³-hybridized carbons (Fsp3) is 0.237. The number of fused-ring (bicyclic) bond motifs is 2. The Morgan fingerprint density at radius 1 is 0.571 bits per heavy atom. The number of hydrogen-bond donors (Lipinski definition) is 4. The molecule has 2 atom stereocenters. The number of likely N-dealkylation sites (N-methyl/N-ethyl adjacent to an activating group) is 1. The summed E-state index contributed by atoms with van der Waals surface area (Å²) in [5, 5.41) is 35.9. The van der Waals surface area contributed by atoms with Gasteiger partial charge in [-0.15, -0.1) is 0 Å². The van der Waals surface area contributed by atoms with Gasteiger partial charge in [-0.1, -0.05) is 288 Å². The summed E-state index contributed by atoms with van der Waals surface area (Å²) in [7, 11) is 4.01. The summed E-state index contributed by atoms with van der Waals surface area (Å²) in [6, 6.07) is 85.6. The van der Waals surface area contributed by atoms with Crippen LogP contribution >= 0.6 is 11.6 Å². The molecule has 1 amide bonds. The number of aryl methyl sites for hydroxylation is 2. The van der Waals surface area contributed by atoms with Gasteiger partial charge in [0.25, 0.3) is 5.91 Å². The number of carbonyl (C=O) groups excluding carboxylic acids is 4. The molecule has 578 valence electrons. The first-order chi connectivity index (χ1) is 53.0. The maximum absolute atomic E-state index is 14.1. The molecule has 3 aliphatic rings. The minimum Gasteiger partial charge on any atom is -0.548 e. The maximum Gasteiger partial charge on any atom is 1.00 e. The SMILES string of the molecule is C.C.C1=CCN=C1.CCO.CN(C)CCN.Cc1ccc2c(c1OCc1ccccc1)C[C@@H](C(=O)O)NC2.Cc1ccc2c(c1OCc1ccccc1)C[C@@H](C(=O)[O-])N(C(=O)C(c1ccccc1)c1ccccc1)C2.O=C(C(c1ccccc1)c1ccccc1)n1cccn1.O=C(Cl)C(c1ccccc1)c1ccccc1.[Na+]. The number of hydrogen-bond acceptors (Lipinski definition) is 14. The van der Waals surface area contributed by atoms with E-state index >= 15 is 0 Å². The van der Waals surface area contributed by atoms with Crippen LogP contribution in [0.5, 0.6) is 11.5 Å². The number of carboxylic acids is 2. The van der Waals surface area contributed by atoms with E-state index in [1.54, 1.807) is 31.6 Å². The molecular formula is C93H103ClN7NaO10. The van der Waals surface area contributed by atoms with Gasteiger partial charge in [-0.25, -0.2) is 4.68 Å². The van der Waals surface area contributed by atoms with Crippen LogP contribution in [0.3, 0.4) is 0 Å². The minimum atomic E-state index is -1.27. The number of aliphatic hydroxyl groups is 1. The van der Waals surface area contributed by atoms with Crippen LogP contribution in [0.25, 0.3) is 0 Å². The largest absolute Gasteiger partial charge is 1.00 e. The molecule has 4 heterocycles. The van der Waals surface area contributed by atoms with Gasteiger partial charge in [0, 0.05) is 75.4 Å². The minimum absolute atomic E-state index is 0. The van der Waals surface area contributed by atoms with E-state index < -0.39 is 29.9 Å². The molecule has 112 heavy (non-hydrogen) atoms. The van der Waals surface area contributed by atoms with Crippen LogP contribution in [0.15, 0.2) is 303 Å². The Balaban J connectivity index is 0.000000259. The van der Waals surface area contributed by atoms with Crippen molar-refractivity contribution in [1.29, 1.82) is 0 Å². The van der Waals surface area contributed by atoms with Crippen LogP contribution in [0.2, 0.25) is 0 Å². The number of aliphatic carboxylic acids is 2. The van der Waals surface area contributed by atoms with E-state index in [0.717, 1.165) is 103 Å². The number of aliphatic imine (C=N–C) groups is 1. The number of halogens is 1. The number of benzene rings is 10. The number of carbonyl (C=O) groups is 5. The Morgan fingerprint density at radius 3 is 1.28 bits per heavy atom. The normalized spacial score (nSPS) is 13.1. The van der Waals surface area contributed by atoms with Crippen molar-refractivity contribution >= 4 is 46.8 Å². The number of rotatable bonds is 19. The van der Waals surface area contributed by atoms with Gasteiger partial charge in [0.1, 0.15) is 30.8 Å². The van der Waals surface area contributed by atoms with Gasteiger partial charge in [0.05, 0.1) is 36.3 Å². The molecule has 0 spiro atoms. The average molecular weight is 1540 g/mol. The van der Waals surface area contributed by atoms with E-state index in [4.69, 9.17) is 31.9 Å². The topological polar surface area (TPSA) is 242 Å². The summed E-state index contributed by atoms with van der Waals surface area (Å²) < 4.78 is 13.6. The first-order valence-corrected chi connectivity index (χ1v) is 36.6. The van der Waals surface area contributed by atoms with Crippen LogP contribution in [-0.2, 0) is 58.3 Å². The molecule has 17 nitrogen and oxygen atoms in total. The quantitative estimate of drug-likeness (QED) is 0.0435. The second-order valence-electron chi connectivity index (χ2n) is 25.9. The Kier molecular flexibility index (Phi) is 40.6. The van der Waals surface area contributed by atoms with Crippen LogP contribution < -0.4 is 55.2 Å². The van der Waals surface area contributed by atoms with Crippen molar-refractivity contribution in [2.75, 3.05) is 40.3 Å². The monoisotopic (exact) mass is 1540 g/mol. The van der Waals surface area contributed by atoms with E-state index in [1.165, 1.54) is 9.58 Å². The second-order valence-corrected chi connectivity index (χ2v) is 26.3. The molecule has 0 aliphatic carbocycles. The number of nitrogens with one attached hydrogen (secondary N) is 1. The predicted molar refractivity (Wildman–Crippen MR) is 443 cm³/mol. The van der Waals surface area contributed by atoms with Gasteiger partial charge in [0.2, 0.25) is 11.1 Å². The molecule has 0 radical (unpaired) electrons. The van der Waals surface area contributed by atoms with Gasteiger partial charge in [-0.3, -0.25) is 24.2 Å². The van der Waals surface area contributed by atoms with E-state index in [9.17, 15) is 34.2 Å². The second kappa shape index (κ2) is 49.5. The van der Waals surface area contributed by atoms with Crippen molar-refractivity contribution in [3.8, 4) is 11.5 Å². The zero-order valence-corrected chi connectivity index (χ0v) is 65.9. The summed E-state index contributed by atoms with van der Waals surface area (Å²) in [5.74, 6) is -2.21. The van der Waals surface area contributed by atoms with Crippen LogP contribution in [0, 0.1) is 13.8 Å². The third-order valence-corrected chi connectivity index (χ3v) is 18.1. The summed E-state index contributed by atoms with van der Waals surface area (Å²) in [5.41, 5.74) is 18.6. The van der Waals surface area contributed by atoms with Gasteiger partial charge in [-0.2, -0.15) is 5.10 Å². The van der Waals surface area contributed by atoms with E-state index in [1.807, 2.05) is 307 Å². The van der Waals surface area contributed by atoms with Crippen LogP contribution in [0.1, 0.15) is 122 Å². The van der Waals surface area contributed by atoms with E-state index in [0.29, 0.717) is 31.9 Å². The predicted octanol–water partition coefficient (Wildman–Crippen LogP) is 12.4. The Bertz CT molecular complexity index is 4500. The van der Waals surface area contributed by atoms with Gasteiger partial charge in [0.15, 0.2) is 0 Å². The van der Waals surface area contributed by atoms with Gasteiger partial charge >= 0.3 is 35.5 Å². The summed E-state index contributed by atoms with van der Waals surface area (Å²) in [6.07, 6.45) is 9.65. The number of nitrogens with zero attached hydrogens (tertiary/aromatic N) is 5. The molecular weight excluding hydrogens is 1430 g/mol. The van der Waals surface area contributed by atoms with E-state index in [2.05, 4.69) is 20.3 Å². The summed E-state index contributed by atoms with van der Waals surface area (Å²) in [4.78, 5) is 69.3. The van der Waals surface area contributed by atoms with E-state index in [-0.39, 0.29) is 92.9 Å². The molecule has 5 N–H and O–H groups in total. The molecule has 19 heteroatoms. The van der Waals surface area contributed by atoms with Crippen molar-refractivity contribution in [2.45, 2.75) is 105 Å². The molecule has 0 saturated heterocycles. The maximum atomic E-state index is 14.1. The molecule has 3 aliphatic heterocycles. The van der Waals surface area contributed by atoms with Crippen LogP contribution in [-0.4, -0.2) is 117 Å². The first kappa shape index (κ1) is 91.9. The summed E-state index contributed by atoms with van der Waals surface area (Å²) in [6.45, 7) is 10.1. The smallest absolute Gasteiger partial charge is 0.548 e. The molecule has 10 aromatic carbocycles. The molecule has 0 fully saturated rings. The number of aliphatic hydroxyl groups excluding tert-OH is 1. The van der Waals surface area contributed by atoms with Crippen molar-refractivity contribution in [3.63, 3.8) is 0 Å². The number of nitrogens with two attached hydrogens (primary N) is 1. The summed E-state index contributed by atoms with van der Waals surface area (Å²) >= 11 is 5.67. The van der Waals surface area contributed by atoms with Gasteiger partial charge in [-0.05, 0) is 125 Å². The molecule has 1 aromatic heterocycles. The number of ether oxygens (including phenoxy) is 2. The van der Waals surface area contributed by atoms with Crippen molar-refractivity contribution in [1.82, 2.24) is 24.9 Å². The first-order valence-electron chi connectivity index (χ1n) is 36.2. The number of aromatic nitrogens is 2. The fourth-order valence-electron chi connectivity index (χ4n) is 12.5. The molecule has 0 bridgehead atoms. The third kappa shape index (κ3) is 27.9.